The van der Waals surface area contributed by atoms with Crippen LogP contribution in [0.3, 0.4) is 0 Å². The molecule has 1 N–H and O–H groups in total. The molecule has 0 saturated heterocycles. The van der Waals surface area contributed by atoms with Gasteiger partial charge in [-0.15, -0.1) is 0 Å². The molecule has 0 aliphatic heterocycles. The van der Waals surface area contributed by atoms with Crippen LogP contribution in [0.4, 0.5) is 13.2 Å². The third-order valence-electron chi connectivity index (χ3n) is 2.45. The molecule has 0 radical (unpaired) electrons. The fraction of sp³-hybridized carbons (Fsp3) is 0.455. The van der Waals surface area contributed by atoms with Gasteiger partial charge in [-0.3, -0.25) is 0 Å². The molecule has 0 aliphatic rings. The molecule has 1 aromatic rings. The Morgan fingerprint density at radius 2 is 1.94 bits per heavy atom. The number of sulfonamides is 1. The summed E-state index contributed by atoms with van der Waals surface area (Å²) < 4.78 is 62.5. The van der Waals surface area contributed by atoms with Crippen molar-refractivity contribution in [2.45, 2.75) is 26.1 Å². The molecule has 1 rings (SSSR count). The van der Waals surface area contributed by atoms with Gasteiger partial charge in [0.05, 0.1) is 11.3 Å². The van der Waals surface area contributed by atoms with Crippen molar-refractivity contribution in [3.63, 3.8) is 0 Å². The topological polar surface area (TPSA) is 46.2 Å². The Kier molecular flexibility index (Phi) is 4.39. The van der Waals surface area contributed by atoms with E-state index in [0.29, 0.717) is 0 Å². The molecule has 0 aromatic heterocycles. The lowest BCUT2D eigenvalue weighted by atomic mass is 10.1. The van der Waals surface area contributed by atoms with E-state index in [1.54, 1.807) is 0 Å². The summed E-state index contributed by atoms with van der Waals surface area (Å²) >= 11 is 0. The van der Waals surface area contributed by atoms with Gasteiger partial charge in [-0.05, 0) is 31.5 Å². The van der Waals surface area contributed by atoms with Crippen LogP contribution in [0.15, 0.2) is 24.3 Å². The molecule has 102 valence electrons. The number of hydrogen-bond acceptors (Lipinski definition) is 2. The number of halogens is 3. The summed E-state index contributed by atoms with van der Waals surface area (Å²) in [5, 5.41) is 0. The van der Waals surface area contributed by atoms with Gasteiger partial charge < -0.3 is 0 Å². The van der Waals surface area contributed by atoms with Crippen molar-refractivity contribution in [3.05, 3.63) is 35.4 Å². The quantitative estimate of drug-likeness (QED) is 0.922. The second-order valence-electron chi connectivity index (χ2n) is 3.87. The first kappa shape index (κ1) is 15.0. The molecule has 0 aliphatic carbocycles. The minimum Gasteiger partial charge on any atom is -0.212 e. The normalized spacial score (nSPS) is 14.5. The number of rotatable bonds is 4. The summed E-state index contributed by atoms with van der Waals surface area (Å²) in [6.07, 6.45) is -4.43. The van der Waals surface area contributed by atoms with E-state index in [1.807, 2.05) is 0 Å². The maximum Gasteiger partial charge on any atom is 0.416 e. The van der Waals surface area contributed by atoms with E-state index in [2.05, 4.69) is 4.72 Å². The van der Waals surface area contributed by atoms with E-state index in [-0.39, 0.29) is 11.3 Å². The maximum atomic E-state index is 12.5. The summed E-state index contributed by atoms with van der Waals surface area (Å²) in [6, 6.07) is 3.91. The fourth-order valence-corrected chi connectivity index (χ4v) is 2.25. The zero-order valence-corrected chi connectivity index (χ0v) is 10.8. The summed E-state index contributed by atoms with van der Waals surface area (Å²) in [5.74, 6) is -0.115. The summed E-state index contributed by atoms with van der Waals surface area (Å²) in [6.45, 7) is 2.96. The first-order valence-electron chi connectivity index (χ1n) is 5.33. The zero-order valence-electron chi connectivity index (χ0n) is 9.95. The number of nitrogens with one attached hydrogen (secondary N) is 1. The van der Waals surface area contributed by atoms with Gasteiger partial charge in [0, 0.05) is 6.04 Å². The van der Waals surface area contributed by atoms with Gasteiger partial charge in [-0.2, -0.15) is 13.2 Å². The largest absolute Gasteiger partial charge is 0.416 e. The van der Waals surface area contributed by atoms with Gasteiger partial charge in [0.1, 0.15) is 0 Å². The Morgan fingerprint density at radius 3 is 2.44 bits per heavy atom. The maximum absolute atomic E-state index is 12.5. The first-order valence-corrected chi connectivity index (χ1v) is 6.98. The minimum absolute atomic E-state index is 0.115. The van der Waals surface area contributed by atoms with Crippen LogP contribution < -0.4 is 4.72 Å². The standard InChI is InChI=1S/C11H14F3NO2S/c1-3-18(16,17)15-8(2)9-5-4-6-10(7-9)11(12,13)14/h4-8,15H,3H2,1-2H3/t8-/m0/s1. The van der Waals surface area contributed by atoms with Crippen LogP contribution in [0.5, 0.6) is 0 Å². The van der Waals surface area contributed by atoms with Crippen LogP contribution in [-0.4, -0.2) is 14.2 Å². The predicted molar refractivity (Wildman–Crippen MR) is 62.5 cm³/mol. The monoisotopic (exact) mass is 281 g/mol. The number of benzene rings is 1. The average Bonchev–Trinajstić information content (AvgIpc) is 2.27. The lowest BCUT2D eigenvalue weighted by Gasteiger charge is -2.15. The fourth-order valence-electron chi connectivity index (χ4n) is 1.41. The highest BCUT2D eigenvalue weighted by atomic mass is 32.2. The molecule has 0 saturated carbocycles. The molecule has 0 unspecified atom stereocenters. The Balaban J connectivity index is 2.97. The SMILES string of the molecule is CCS(=O)(=O)N[C@@H](C)c1cccc(C(F)(F)F)c1. The Labute approximate surface area is 104 Å². The van der Waals surface area contributed by atoms with E-state index in [4.69, 9.17) is 0 Å². The molecular weight excluding hydrogens is 267 g/mol. The van der Waals surface area contributed by atoms with Crippen molar-refractivity contribution in [1.29, 1.82) is 0 Å². The molecule has 1 aromatic carbocycles. The molecule has 7 heteroatoms. The van der Waals surface area contributed by atoms with E-state index in [0.717, 1.165) is 12.1 Å². The van der Waals surface area contributed by atoms with Gasteiger partial charge in [0.25, 0.3) is 0 Å². The Hall–Kier alpha value is -1.08. The molecule has 0 fully saturated rings. The van der Waals surface area contributed by atoms with E-state index in [1.165, 1.54) is 26.0 Å². The second kappa shape index (κ2) is 5.27. The van der Waals surface area contributed by atoms with Crippen molar-refractivity contribution < 1.29 is 21.6 Å². The van der Waals surface area contributed by atoms with Crippen LogP contribution in [0.1, 0.15) is 31.0 Å². The summed E-state index contributed by atoms with van der Waals surface area (Å²) in [4.78, 5) is 0. The highest BCUT2D eigenvalue weighted by molar-refractivity contribution is 7.89. The Morgan fingerprint density at radius 1 is 1.33 bits per heavy atom. The Bertz CT molecular complexity index is 511. The lowest BCUT2D eigenvalue weighted by Crippen LogP contribution is -2.28. The molecule has 0 heterocycles. The van der Waals surface area contributed by atoms with Gasteiger partial charge in [-0.1, -0.05) is 12.1 Å². The van der Waals surface area contributed by atoms with Crippen LogP contribution >= 0.6 is 0 Å². The summed E-state index contributed by atoms with van der Waals surface area (Å²) in [7, 11) is -3.45. The highest BCUT2D eigenvalue weighted by Crippen LogP contribution is 2.30. The van der Waals surface area contributed by atoms with Crippen molar-refractivity contribution >= 4 is 10.0 Å². The van der Waals surface area contributed by atoms with Crippen LogP contribution in [0, 0.1) is 0 Å². The third kappa shape index (κ3) is 3.99. The molecule has 18 heavy (non-hydrogen) atoms. The van der Waals surface area contributed by atoms with Gasteiger partial charge in [0.15, 0.2) is 0 Å². The lowest BCUT2D eigenvalue weighted by molar-refractivity contribution is -0.137. The molecule has 0 spiro atoms. The highest BCUT2D eigenvalue weighted by Gasteiger charge is 2.30. The van der Waals surface area contributed by atoms with Gasteiger partial charge >= 0.3 is 6.18 Å². The van der Waals surface area contributed by atoms with Crippen LogP contribution in [-0.2, 0) is 16.2 Å². The molecule has 1 atom stereocenters. The molecule has 0 amide bonds. The van der Waals surface area contributed by atoms with Crippen molar-refractivity contribution in [1.82, 2.24) is 4.72 Å². The van der Waals surface area contributed by atoms with Crippen molar-refractivity contribution in [2.24, 2.45) is 0 Å². The molecule has 3 nitrogen and oxygen atoms in total. The number of hydrogen-bond donors (Lipinski definition) is 1. The van der Waals surface area contributed by atoms with E-state index >= 15 is 0 Å². The van der Waals surface area contributed by atoms with E-state index < -0.39 is 27.8 Å². The average molecular weight is 281 g/mol. The van der Waals surface area contributed by atoms with Gasteiger partial charge in [0.2, 0.25) is 10.0 Å². The van der Waals surface area contributed by atoms with Gasteiger partial charge in [-0.25, -0.2) is 13.1 Å². The smallest absolute Gasteiger partial charge is 0.212 e. The molecule has 0 bridgehead atoms. The van der Waals surface area contributed by atoms with Crippen LogP contribution in [0.2, 0.25) is 0 Å². The van der Waals surface area contributed by atoms with Crippen LogP contribution in [0.25, 0.3) is 0 Å². The molecular formula is C11H14F3NO2S. The zero-order chi connectivity index (χ0) is 14.0. The number of alkyl halides is 3. The first-order chi connectivity index (χ1) is 8.15. The predicted octanol–water partition coefficient (Wildman–Crippen LogP) is 2.71. The third-order valence-corrected chi connectivity index (χ3v) is 3.92. The van der Waals surface area contributed by atoms with E-state index in [9.17, 15) is 21.6 Å². The minimum atomic E-state index is -4.43. The van der Waals surface area contributed by atoms with Crippen molar-refractivity contribution in [2.75, 3.05) is 5.75 Å². The van der Waals surface area contributed by atoms with Crippen molar-refractivity contribution in [3.8, 4) is 0 Å². The second-order valence-corrected chi connectivity index (χ2v) is 5.91. The summed E-state index contributed by atoms with van der Waals surface area (Å²) in [5.41, 5.74) is -0.510.